The van der Waals surface area contributed by atoms with E-state index in [0.717, 1.165) is 32.1 Å². The fourth-order valence-corrected chi connectivity index (χ4v) is 2.54. The minimum atomic E-state index is -0.758. The van der Waals surface area contributed by atoms with E-state index in [1.54, 1.807) is 18.2 Å². The van der Waals surface area contributed by atoms with Crippen LogP contribution in [-0.4, -0.2) is 23.2 Å². The fraction of sp³-hybridized carbons (Fsp3) is 0.500. The average Bonchev–Trinajstić information content (AvgIpc) is 2.40. The molecule has 0 bridgehead atoms. The molecule has 1 aromatic carbocycles. The van der Waals surface area contributed by atoms with Gasteiger partial charge in [-0.3, -0.25) is 4.79 Å². The molecule has 1 aliphatic carbocycles. The molecule has 4 nitrogen and oxygen atoms in total. The first-order valence-corrected chi connectivity index (χ1v) is 6.94. The van der Waals surface area contributed by atoms with Crippen molar-refractivity contribution >= 4 is 23.2 Å². The van der Waals surface area contributed by atoms with Crippen LogP contribution in [0, 0.1) is 0 Å². The maximum atomic E-state index is 12.0. The molecule has 1 fully saturated rings. The maximum Gasteiger partial charge on any atom is 0.251 e. The number of hydrogen-bond acceptors (Lipinski definition) is 3. The molecule has 1 amide bonds. The number of anilines is 1. The van der Waals surface area contributed by atoms with E-state index in [1.165, 1.54) is 0 Å². The van der Waals surface area contributed by atoms with Crippen LogP contribution in [0.5, 0.6) is 0 Å². The normalized spacial score (nSPS) is 18.0. The monoisotopic (exact) mass is 282 g/mol. The number of nitrogens with one attached hydrogen (secondary N) is 1. The largest absolute Gasteiger partial charge is 0.398 e. The highest BCUT2D eigenvalue weighted by molar-refractivity contribution is 6.33. The van der Waals surface area contributed by atoms with Gasteiger partial charge in [-0.1, -0.05) is 30.9 Å². The summed E-state index contributed by atoms with van der Waals surface area (Å²) in [5.41, 5.74) is 5.74. The zero-order valence-corrected chi connectivity index (χ0v) is 11.5. The van der Waals surface area contributed by atoms with Gasteiger partial charge < -0.3 is 16.2 Å². The van der Waals surface area contributed by atoms with Gasteiger partial charge >= 0.3 is 0 Å². The van der Waals surface area contributed by atoms with Crippen molar-refractivity contribution in [3.05, 3.63) is 28.8 Å². The predicted molar refractivity (Wildman–Crippen MR) is 76.2 cm³/mol. The number of carbonyl (C=O) groups excluding carboxylic acids is 1. The number of hydrogen-bond donors (Lipinski definition) is 3. The molecule has 0 unspecified atom stereocenters. The van der Waals surface area contributed by atoms with Gasteiger partial charge in [-0.15, -0.1) is 0 Å². The predicted octanol–water partition coefficient (Wildman–Crippen LogP) is 2.35. The first-order valence-electron chi connectivity index (χ1n) is 6.56. The average molecular weight is 283 g/mol. The van der Waals surface area contributed by atoms with Crippen molar-refractivity contribution in [2.75, 3.05) is 12.3 Å². The molecule has 104 valence electrons. The highest BCUT2D eigenvalue weighted by Crippen LogP contribution is 2.27. The summed E-state index contributed by atoms with van der Waals surface area (Å²) >= 11 is 5.81. The number of benzene rings is 1. The van der Waals surface area contributed by atoms with Crippen LogP contribution in [0.25, 0.3) is 0 Å². The molecule has 0 saturated heterocycles. The van der Waals surface area contributed by atoms with Gasteiger partial charge in [0.05, 0.1) is 16.3 Å². The topological polar surface area (TPSA) is 75.4 Å². The summed E-state index contributed by atoms with van der Waals surface area (Å²) in [4.78, 5) is 12.0. The lowest BCUT2D eigenvalue weighted by atomic mass is 9.85. The highest BCUT2D eigenvalue weighted by Gasteiger charge is 2.29. The van der Waals surface area contributed by atoms with Crippen molar-refractivity contribution in [3.8, 4) is 0 Å². The zero-order valence-electron chi connectivity index (χ0n) is 10.8. The van der Waals surface area contributed by atoms with E-state index >= 15 is 0 Å². The molecule has 0 spiro atoms. The van der Waals surface area contributed by atoms with Crippen molar-refractivity contribution in [1.82, 2.24) is 5.32 Å². The zero-order chi connectivity index (χ0) is 13.9. The molecule has 1 saturated carbocycles. The van der Waals surface area contributed by atoms with Gasteiger partial charge in [-0.05, 0) is 31.0 Å². The number of halogens is 1. The molecule has 0 aromatic heterocycles. The van der Waals surface area contributed by atoms with E-state index in [4.69, 9.17) is 17.3 Å². The lowest BCUT2D eigenvalue weighted by Crippen LogP contribution is -2.44. The number of amides is 1. The van der Waals surface area contributed by atoms with E-state index < -0.39 is 5.60 Å². The van der Waals surface area contributed by atoms with Crippen molar-refractivity contribution < 1.29 is 9.90 Å². The molecular formula is C14H19ClN2O2. The first kappa shape index (κ1) is 14.2. The molecule has 19 heavy (non-hydrogen) atoms. The van der Waals surface area contributed by atoms with E-state index in [9.17, 15) is 9.90 Å². The Morgan fingerprint density at radius 3 is 2.68 bits per heavy atom. The molecule has 0 radical (unpaired) electrons. The van der Waals surface area contributed by atoms with Crippen molar-refractivity contribution in [3.63, 3.8) is 0 Å². The third-order valence-corrected chi connectivity index (χ3v) is 3.96. The summed E-state index contributed by atoms with van der Waals surface area (Å²) in [5, 5.41) is 13.5. The van der Waals surface area contributed by atoms with Crippen LogP contribution in [0.3, 0.4) is 0 Å². The highest BCUT2D eigenvalue weighted by atomic mass is 35.5. The Kier molecular flexibility index (Phi) is 4.32. The number of nitrogen functional groups attached to an aromatic ring is 1. The Bertz CT molecular complexity index is 471. The number of rotatable bonds is 3. The molecule has 0 heterocycles. The summed E-state index contributed by atoms with van der Waals surface area (Å²) in [6.45, 7) is 0.286. The van der Waals surface area contributed by atoms with Crippen LogP contribution in [-0.2, 0) is 0 Å². The quantitative estimate of drug-likeness (QED) is 0.745. The maximum absolute atomic E-state index is 12.0. The minimum absolute atomic E-state index is 0.234. The Hall–Kier alpha value is -1.26. The van der Waals surface area contributed by atoms with E-state index in [0.29, 0.717) is 16.3 Å². The van der Waals surface area contributed by atoms with Crippen LogP contribution in [0.2, 0.25) is 5.02 Å². The summed E-state index contributed by atoms with van der Waals surface area (Å²) in [7, 11) is 0. The van der Waals surface area contributed by atoms with Gasteiger partial charge in [0.1, 0.15) is 0 Å². The van der Waals surface area contributed by atoms with Gasteiger partial charge in [0.15, 0.2) is 0 Å². The number of nitrogens with two attached hydrogens (primary N) is 1. The second-order valence-electron chi connectivity index (χ2n) is 5.20. The van der Waals surface area contributed by atoms with Crippen molar-refractivity contribution in [2.45, 2.75) is 37.7 Å². The summed E-state index contributed by atoms with van der Waals surface area (Å²) in [6, 6.07) is 4.77. The van der Waals surface area contributed by atoms with Crippen LogP contribution >= 0.6 is 11.6 Å². The van der Waals surface area contributed by atoms with E-state index in [2.05, 4.69) is 5.32 Å². The Morgan fingerprint density at radius 2 is 2.05 bits per heavy atom. The minimum Gasteiger partial charge on any atom is -0.398 e. The van der Waals surface area contributed by atoms with Gasteiger partial charge in [0.2, 0.25) is 0 Å². The Morgan fingerprint density at radius 1 is 1.37 bits per heavy atom. The van der Waals surface area contributed by atoms with E-state index in [1.807, 2.05) is 0 Å². The first-order chi connectivity index (χ1) is 9.00. The molecule has 5 heteroatoms. The number of aliphatic hydroxyl groups is 1. The van der Waals surface area contributed by atoms with Crippen LogP contribution in [0.1, 0.15) is 42.5 Å². The van der Waals surface area contributed by atoms with Crippen molar-refractivity contribution in [1.29, 1.82) is 0 Å². The van der Waals surface area contributed by atoms with Gasteiger partial charge in [-0.2, -0.15) is 0 Å². The summed E-state index contributed by atoms with van der Waals surface area (Å²) in [6.07, 6.45) is 4.68. The number of carbonyl (C=O) groups is 1. The van der Waals surface area contributed by atoms with Gasteiger partial charge in [0.25, 0.3) is 5.91 Å². The molecule has 1 aromatic rings. The third kappa shape index (κ3) is 3.61. The SMILES string of the molecule is Nc1cc(C(=O)NCC2(O)CCCCC2)ccc1Cl. The molecular weight excluding hydrogens is 264 g/mol. The molecule has 2 rings (SSSR count). The van der Waals surface area contributed by atoms with Crippen LogP contribution in [0.4, 0.5) is 5.69 Å². The van der Waals surface area contributed by atoms with Gasteiger partial charge in [-0.25, -0.2) is 0 Å². The summed E-state index contributed by atoms with van der Waals surface area (Å²) in [5.74, 6) is -0.234. The van der Waals surface area contributed by atoms with Crippen LogP contribution < -0.4 is 11.1 Å². The lowest BCUT2D eigenvalue weighted by Gasteiger charge is -2.32. The Labute approximate surface area is 117 Å². The second kappa shape index (κ2) is 5.80. The molecule has 0 aliphatic heterocycles. The standard InChI is InChI=1S/C14H19ClN2O2/c15-11-5-4-10(8-12(11)16)13(18)17-9-14(19)6-2-1-3-7-14/h4-5,8,19H,1-3,6-7,9,16H2,(H,17,18). The Balaban J connectivity index is 1.95. The van der Waals surface area contributed by atoms with Gasteiger partial charge in [0, 0.05) is 12.1 Å². The molecule has 1 aliphatic rings. The van der Waals surface area contributed by atoms with Crippen LogP contribution in [0.15, 0.2) is 18.2 Å². The summed E-state index contributed by atoms with van der Waals surface area (Å²) < 4.78 is 0. The fourth-order valence-electron chi connectivity index (χ4n) is 2.42. The van der Waals surface area contributed by atoms with E-state index in [-0.39, 0.29) is 12.5 Å². The second-order valence-corrected chi connectivity index (χ2v) is 5.61. The van der Waals surface area contributed by atoms with Crippen molar-refractivity contribution in [2.24, 2.45) is 0 Å². The molecule has 0 atom stereocenters. The smallest absolute Gasteiger partial charge is 0.251 e. The lowest BCUT2D eigenvalue weighted by molar-refractivity contribution is 0.00526. The molecule has 4 N–H and O–H groups in total. The third-order valence-electron chi connectivity index (χ3n) is 3.62.